The number of fused-ring (bicyclic) bond motifs is 1. The summed E-state index contributed by atoms with van der Waals surface area (Å²) in [5.41, 5.74) is 0.966. The van der Waals surface area contributed by atoms with Gasteiger partial charge in [-0.3, -0.25) is 0 Å². The molecule has 1 spiro atoms. The molecule has 0 N–H and O–H groups in total. The van der Waals surface area contributed by atoms with E-state index >= 15 is 0 Å². The molecule has 1 unspecified atom stereocenters. The second-order valence-electron chi connectivity index (χ2n) is 5.62. The smallest absolute Gasteiger partial charge is 0.0233 e. The summed E-state index contributed by atoms with van der Waals surface area (Å²) in [6.07, 6.45) is 9.79. The Morgan fingerprint density at radius 3 is 2.55 bits per heavy atom. The molecule has 0 aromatic rings. The van der Waals surface area contributed by atoms with Gasteiger partial charge in [0.2, 0.25) is 0 Å². The van der Waals surface area contributed by atoms with E-state index in [0.29, 0.717) is 0 Å². The van der Waals surface area contributed by atoms with Crippen LogP contribution in [0, 0.1) is 29.1 Å². The molecular weight excluding hydrogens is 132 g/mol. The van der Waals surface area contributed by atoms with Crippen molar-refractivity contribution in [1.82, 2.24) is 0 Å². The average Bonchev–Trinajstić information content (AvgIpc) is 2.30. The number of rotatable bonds is 0. The maximum absolute atomic E-state index is 1.65. The van der Waals surface area contributed by atoms with Gasteiger partial charge < -0.3 is 0 Å². The Morgan fingerprint density at radius 1 is 1.00 bits per heavy atom. The van der Waals surface area contributed by atoms with Gasteiger partial charge in [0.05, 0.1) is 0 Å². The molecule has 6 fully saturated rings. The minimum atomic E-state index is 0.966. The molecule has 60 valence electrons. The molecule has 0 saturated heterocycles. The van der Waals surface area contributed by atoms with Gasteiger partial charge >= 0.3 is 0 Å². The lowest BCUT2D eigenvalue weighted by Gasteiger charge is -2.55. The molecule has 6 saturated carbocycles. The summed E-state index contributed by atoms with van der Waals surface area (Å²) in [6.45, 7) is 0. The van der Waals surface area contributed by atoms with Crippen LogP contribution in [0.1, 0.15) is 38.5 Å². The normalized spacial score (nSPS) is 69.8. The summed E-state index contributed by atoms with van der Waals surface area (Å²) in [7, 11) is 0. The molecule has 6 aliphatic carbocycles. The molecule has 1 atom stereocenters. The third-order valence-corrected chi connectivity index (χ3v) is 5.52. The lowest BCUT2D eigenvalue weighted by Crippen LogP contribution is -2.46. The van der Waals surface area contributed by atoms with Crippen molar-refractivity contribution < 1.29 is 0 Å². The van der Waals surface area contributed by atoms with Crippen LogP contribution in [0.3, 0.4) is 0 Å². The van der Waals surface area contributed by atoms with Crippen LogP contribution in [0.2, 0.25) is 0 Å². The van der Waals surface area contributed by atoms with E-state index in [1.54, 1.807) is 38.5 Å². The van der Waals surface area contributed by atoms with E-state index in [0.717, 1.165) is 5.41 Å². The summed E-state index contributed by atoms with van der Waals surface area (Å²) >= 11 is 0. The molecule has 0 aliphatic heterocycles. The molecule has 4 bridgehead atoms. The van der Waals surface area contributed by atoms with Gasteiger partial charge in [-0.25, -0.2) is 0 Å². The number of hydrogen-bond acceptors (Lipinski definition) is 0. The standard InChI is InChI=1S/C11H16/c1-2-10-8-3-9(4-8)11(10)5-7(1)6-11/h7-10H,1-6H2. The molecule has 0 amide bonds. The van der Waals surface area contributed by atoms with Gasteiger partial charge in [0.1, 0.15) is 0 Å². The molecule has 11 heavy (non-hydrogen) atoms. The van der Waals surface area contributed by atoms with Gasteiger partial charge in [0.25, 0.3) is 0 Å². The molecule has 0 nitrogen and oxygen atoms in total. The van der Waals surface area contributed by atoms with Crippen molar-refractivity contribution in [2.45, 2.75) is 38.5 Å². The van der Waals surface area contributed by atoms with Crippen molar-refractivity contribution in [3.8, 4) is 0 Å². The molecule has 6 rings (SSSR count). The Kier molecular flexibility index (Phi) is 0.717. The first-order valence-corrected chi connectivity index (χ1v) is 5.38. The van der Waals surface area contributed by atoms with Gasteiger partial charge in [-0.15, -0.1) is 0 Å². The van der Waals surface area contributed by atoms with Crippen LogP contribution >= 0.6 is 0 Å². The Balaban J connectivity index is 1.82. The number of hydrogen-bond donors (Lipinski definition) is 0. The molecule has 0 aromatic carbocycles. The zero-order chi connectivity index (χ0) is 7.05. The fraction of sp³-hybridized carbons (Fsp3) is 1.00. The highest BCUT2D eigenvalue weighted by atomic mass is 14.7. The lowest BCUT2D eigenvalue weighted by atomic mass is 9.50. The highest BCUT2D eigenvalue weighted by Crippen LogP contribution is 2.76. The monoisotopic (exact) mass is 148 g/mol. The summed E-state index contributed by atoms with van der Waals surface area (Å²) in [5, 5.41) is 0. The van der Waals surface area contributed by atoms with Crippen molar-refractivity contribution in [3.05, 3.63) is 0 Å². The van der Waals surface area contributed by atoms with E-state index in [9.17, 15) is 0 Å². The van der Waals surface area contributed by atoms with Crippen LogP contribution in [0.5, 0.6) is 0 Å². The van der Waals surface area contributed by atoms with Crippen molar-refractivity contribution >= 4 is 0 Å². The maximum Gasteiger partial charge on any atom is -0.0233 e. The largest absolute Gasteiger partial charge is 0.0501 e. The predicted molar refractivity (Wildman–Crippen MR) is 44.1 cm³/mol. The van der Waals surface area contributed by atoms with Crippen LogP contribution in [-0.4, -0.2) is 0 Å². The summed E-state index contributed by atoms with van der Waals surface area (Å²) in [5.74, 6) is 4.83. The van der Waals surface area contributed by atoms with Gasteiger partial charge in [-0.2, -0.15) is 0 Å². The molecule has 6 aliphatic rings. The molecule has 0 heterocycles. The van der Waals surface area contributed by atoms with E-state index in [1.807, 2.05) is 0 Å². The van der Waals surface area contributed by atoms with Gasteiger partial charge in [0, 0.05) is 0 Å². The second-order valence-corrected chi connectivity index (χ2v) is 5.62. The molecule has 0 radical (unpaired) electrons. The Morgan fingerprint density at radius 2 is 1.82 bits per heavy atom. The zero-order valence-electron chi connectivity index (χ0n) is 7.05. The molecule has 0 aromatic heterocycles. The zero-order valence-corrected chi connectivity index (χ0v) is 7.05. The first-order chi connectivity index (χ1) is 5.38. The van der Waals surface area contributed by atoms with Crippen LogP contribution in [0.4, 0.5) is 0 Å². The van der Waals surface area contributed by atoms with E-state index in [2.05, 4.69) is 0 Å². The Labute approximate surface area is 68.4 Å². The maximum atomic E-state index is 1.65. The van der Waals surface area contributed by atoms with E-state index in [1.165, 1.54) is 23.7 Å². The van der Waals surface area contributed by atoms with Crippen LogP contribution < -0.4 is 0 Å². The third kappa shape index (κ3) is 0.421. The molecule has 0 heteroatoms. The van der Waals surface area contributed by atoms with Crippen molar-refractivity contribution in [2.24, 2.45) is 29.1 Å². The third-order valence-electron chi connectivity index (χ3n) is 5.52. The lowest BCUT2D eigenvalue weighted by molar-refractivity contribution is -0.0541. The minimum absolute atomic E-state index is 0.966. The van der Waals surface area contributed by atoms with Gasteiger partial charge in [-0.1, -0.05) is 6.42 Å². The molecular formula is C11H16. The fourth-order valence-corrected chi connectivity index (χ4v) is 5.03. The van der Waals surface area contributed by atoms with E-state index in [-0.39, 0.29) is 0 Å². The van der Waals surface area contributed by atoms with Gasteiger partial charge in [0.15, 0.2) is 0 Å². The van der Waals surface area contributed by atoms with Crippen molar-refractivity contribution in [3.63, 3.8) is 0 Å². The quantitative estimate of drug-likeness (QED) is 0.495. The first-order valence-electron chi connectivity index (χ1n) is 5.38. The van der Waals surface area contributed by atoms with E-state index in [4.69, 9.17) is 0 Å². The highest BCUT2D eigenvalue weighted by Gasteiger charge is 2.67. The van der Waals surface area contributed by atoms with Crippen LogP contribution in [-0.2, 0) is 0 Å². The van der Waals surface area contributed by atoms with E-state index < -0.39 is 0 Å². The van der Waals surface area contributed by atoms with Crippen molar-refractivity contribution in [2.75, 3.05) is 0 Å². The summed E-state index contributed by atoms with van der Waals surface area (Å²) in [6, 6.07) is 0. The predicted octanol–water partition coefficient (Wildman–Crippen LogP) is 2.83. The fourth-order valence-electron chi connectivity index (χ4n) is 5.03. The minimum Gasteiger partial charge on any atom is -0.0501 e. The second kappa shape index (κ2) is 1.41. The highest BCUT2D eigenvalue weighted by molar-refractivity contribution is 5.17. The SMILES string of the molecule is C1CC2C3CC(C3)C23CC1C3. The summed E-state index contributed by atoms with van der Waals surface area (Å²) < 4.78 is 0. The van der Waals surface area contributed by atoms with Crippen LogP contribution in [0.15, 0.2) is 0 Å². The Hall–Kier alpha value is 0. The Bertz CT molecular complexity index is 206. The average molecular weight is 148 g/mol. The van der Waals surface area contributed by atoms with Crippen molar-refractivity contribution in [1.29, 1.82) is 0 Å². The first kappa shape index (κ1) is 5.61. The van der Waals surface area contributed by atoms with Gasteiger partial charge in [-0.05, 0) is 61.2 Å². The topological polar surface area (TPSA) is 0 Å². The van der Waals surface area contributed by atoms with Crippen LogP contribution in [0.25, 0.3) is 0 Å². The summed E-state index contributed by atoms with van der Waals surface area (Å²) in [4.78, 5) is 0.